The molecular weight excluding hydrogens is 400 g/mol. The first kappa shape index (κ1) is 20.4. The first-order chi connectivity index (χ1) is 14.3. The summed E-state index contributed by atoms with van der Waals surface area (Å²) >= 11 is 7.80. The van der Waals surface area contributed by atoms with Crippen LogP contribution in [0.25, 0.3) is 0 Å². The molecule has 0 N–H and O–H groups in total. The number of piperazine rings is 1. The molecule has 29 heavy (non-hydrogen) atoms. The molecule has 1 fully saturated rings. The molecule has 2 aromatic carbocycles. The van der Waals surface area contributed by atoms with Crippen molar-refractivity contribution in [3.05, 3.63) is 87.6 Å². The summed E-state index contributed by atoms with van der Waals surface area (Å²) in [6.45, 7) is 6.52. The Balaban J connectivity index is 1.30. The van der Waals surface area contributed by atoms with Crippen LogP contribution in [0.4, 0.5) is 0 Å². The Kier molecular flexibility index (Phi) is 7.23. The van der Waals surface area contributed by atoms with Gasteiger partial charge in [-0.2, -0.15) is 0 Å². The van der Waals surface area contributed by atoms with Crippen molar-refractivity contribution in [1.29, 1.82) is 0 Å². The Bertz CT molecular complexity index is 863. The number of ether oxygens (including phenoxy) is 1. The minimum atomic E-state index is 0.0391. The zero-order valence-corrected chi connectivity index (χ0v) is 18.1. The fourth-order valence-electron chi connectivity index (χ4n) is 3.74. The van der Waals surface area contributed by atoms with E-state index >= 15 is 0 Å². The van der Waals surface area contributed by atoms with Crippen molar-refractivity contribution in [1.82, 2.24) is 9.80 Å². The van der Waals surface area contributed by atoms with Crippen LogP contribution >= 0.6 is 22.9 Å². The Morgan fingerprint density at radius 2 is 1.48 bits per heavy atom. The summed E-state index contributed by atoms with van der Waals surface area (Å²) in [6.07, 6.45) is 1.00. The highest BCUT2D eigenvalue weighted by Gasteiger charge is 2.21. The fourth-order valence-corrected chi connectivity index (χ4v) is 4.86. The zero-order valence-electron chi connectivity index (χ0n) is 16.5. The molecule has 152 valence electrons. The second-order valence-electron chi connectivity index (χ2n) is 7.45. The van der Waals surface area contributed by atoms with E-state index < -0.39 is 0 Å². The van der Waals surface area contributed by atoms with Crippen molar-refractivity contribution >= 4 is 22.9 Å². The fraction of sp³-hybridized carbons (Fsp3) is 0.333. The summed E-state index contributed by atoms with van der Waals surface area (Å²) in [5.41, 5.74) is 1.40. The van der Waals surface area contributed by atoms with Crippen LogP contribution in [0.2, 0.25) is 4.34 Å². The van der Waals surface area contributed by atoms with E-state index in [4.69, 9.17) is 16.3 Å². The number of nitrogens with zero attached hydrogens (tertiary/aromatic N) is 2. The lowest BCUT2D eigenvalue weighted by molar-refractivity contribution is 0.107. The molecule has 1 unspecified atom stereocenters. The van der Waals surface area contributed by atoms with E-state index in [1.807, 2.05) is 36.4 Å². The van der Waals surface area contributed by atoms with Gasteiger partial charge in [0.15, 0.2) is 0 Å². The highest BCUT2D eigenvalue weighted by Crippen LogP contribution is 2.32. The largest absolute Gasteiger partial charge is 0.485 e. The molecule has 3 aromatic rings. The van der Waals surface area contributed by atoms with Crippen LogP contribution in [0.15, 0.2) is 72.8 Å². The molecule has 0 aliphatic carbocycles. The molecule has 1 saturated heterocycles. The summed E-state index contributed by atoms with van der Waals surface area (Å²) in [6, 6.07) is 24.9. The van der Waals surface area contributed by atoms with Crippen LogP contribution in [0.5, 0.6) is 5.75 Å². The molecule has 0 spiro atoms. The Hall–Kier alpha value is -1.85. The van der Waals surface area contributed by atoms with Gasteiger partial charge in [-0.25, -0.2) is 0 Å². The molecule has 4 rings (SSSR count). The number of para-hydroxylation sites is 1. The van der Waals surface area contributed by atoms with Gasteiger partial charge in [0.2, 0.25) is 0 Å². The van der Waals surface area contributed by atoms with Crippen LogP contribution in [0, 0.1) is 0 Å². The van der Waals surface area contributed by atoms with Gasteiger partial charge in [0.25, 0.3) is 0 Å². The van der Waals surface area contributed by atoms with Crippen molar-refractivity contribution in [3.63, 3.8) is 0 Å². The van der Waals surface area contributed by atoms with Crippen LogP contribution < -0.4 is 4.74 Å². The third kappa shape index (κ3) is 6.06. The molecule has 2 heterocycles. The topological polar surface area (TPSA) is 15.7 Å². The van der Waals surface area contributed by atoms with E-state index in [0.717, 1.165) is 55.8 Å². The van der Waals surface area contributed by atoms with E-state index in [0.29, 0.717) is 0 Å². The predicted octanol–water partition coefficient (Wildman–Crippen LogP) is 5.73. The zero-order chi connectivity index (χ0) is 19.9. The molecule has 0 saturated carbocycles. The number of benzene rings is 2. The summed E-state index contributed by atoms with van der Waals surface area (Å²) in [4.78, 5) is 6.29. The van der Waals surface area contributed by atoms with Crippen molar-refractivity contribution in [2.24, 2.45) is 0 Å². The molecule has 1 aliphatic rings. The lowest BCUT2D eigenvalue weighted by atomic mass is 10.1. The van der Waals surface area contributed by atoms with Gasteiger partial charge in [-0.1, -0.05) is 60.1 Å². The number of hydrogen-bond donors (Lipinski definition) is 0. The molecule has 3 nitrogen and oxygen atoms in total. The second-order valence-corrected chi connectivity index (χ2v) is 9.20. The van der Waals surface area contributed by atoms with Crippen LogP contribution in [0.3, 0.4) is 0 Å². The van der Waals surface area contributed by atoms with E-state index in [2.05, 4.69) is 46.2 Å². The van der Waals surface area contributed by atoms with Gasteiger partial charge >= 0.3 is 0 Å². The van der Waals surface area contributed by atoms with E-state index in [-0.39, 0.29) is 6.10 Å². The minimum absolute atomic E-state index is 0.0391. The number of rotatable bonds is 8. The third-order valence-electron chi connectivity index (χ3n) is 5.35. The minimum Gasteiger partial charge on any atom is -0.485 e. The lowest BCUT2D eigenvalue weighted by Gasteiger charge is -2.35. The van der Waals surface area contributed by atoms with E-state index in [9.17, 15) is 0 Å². The predicted molar refractivity (Wildman–Crippen MR) is 122 cm³/mol. The summed E-state index contributed by atoms with van der Waals surface area (Å²) in [7, 11) is 0. The maximum Gasteiger partial charge on any atom is 0.134 e. The Morgan fingerprint density at radius 1 is 0.828 bits per heavy atom. The molecule has 0 bridgehead atoms. The maximum atomic E-state index is 6.32. The van der Waals surface area contributed by atoms with Gasteiger partial charge in [-0.05, 0) is 29.8 Å². The summed E-state index contributed by atoms with van der Waals surface area (Å²) < 4.78 is 7.14. The van der Waals surface area contributed by atoms with Crippen LogP contribution in [-0.4, -0.2) is 42.5 Å². The SMILES string of the molecule is Clc1ccc(C(CCN2CCN(Cc3ccccc3)CC2)Oc2ccccc2)s1. The van der Waals surface area contributed by atoms with E-state index in [1.54, 1.807) is 11.3 Å². The molecular formula is C24H27ClN2OS. The first-order valence-corrected chi connectivity index (χ1v) is 11.4. The van der Waals surface area contributed by atoms with Crippen molar-refractivity contribution < 1.29 is 4.74 Å². The normalized spacial score (nSPS) is 16.6. The molecule has 1 aromatic heterocycles. The summed E-state index contributed by atoms with van der Waals surface area (Å²) in [5.74, 6) is 0.912. The van der Waals surface area contributed by atoms with Crippen molar-refractivity contribution in [3.8, 4) is 5.75 Å². The molecule has 5 heteroatoms. The highest BCUT2D eigenvalue weighted by atomic mass is 35.5. The Morgan fingerprint density at radius 3 is 2.14 bits per heavy atom. The van der Waals surface area contributed by atoms with Gasteiger partial charge in [0.1, 0.15) is 11.9 Å². The standard InChI is InChI=1S/C24H27ClN2OS/c25-24-12-11-23(29-24)22(28-21-9-5-2-6-10-21)13-14-26-15-17-27(18-16-26)19-20-7-3-1-4-8-20/h1-12,22H,13-19H2. The monoisotopic (exact) mass is 426 g/mol. The number of hydrogen-bond acceptors (Lipinski definition) is 4. The van der Waals surface area contributed by atoms with Crippen molar-refractivity contribution in [2.75, 3.05) is 32.7 Å². The second kappa shape index (κ2) is 10.3. The van der Waals surface area contributed by atoms with E-state index in [1.165, 1.54) is 10.4 Å². The Labute approximate surface area is 182 Å². The quantitative estimate of drug-likeness (QED) is 0.457. The van der Waals surface area contributed by atoms with Gasteiger partial charge in [0.05, 0.1) is 4.34 Å². The average molecular weight is 427 g/mol. The lowest BCUT2D eigenvalue weighted by Crippen LogP contribution is -2.46. The van der Waals surface area contributed by atoms with Crippen molar-refractivity contribution in [2.45, 2.75) is 19.1 Å². The first-order valence-electron chi connectivity index (χ1n) is 10.2. The molecule has 1 atom stereocenters. The van der Waals surface area contributed by atoms with Gasteiger partial charge in [0, 0.05) is 50.6 Å². The number of halogens is 1. The molecule has 1 aliphatic heterocycles. The summed E-state index contributed by atoms with van der Waals surface area (Å²) in [5, 5.41) is 0. The van der Waals surface area contributed by atoms with Crippen LogP contribution in [-0.2, 0) is 6.54 Å². The molecule has 0 radical (unpaired) electrons. The highest BCUT2D eigenvalue weighted by molar-refractivity contribution is 7.16. The number of thiophene rings is 1. The van der Waals surface area contributed by atoms with Crippen LogP contribution in [0.1, 0.15) is 23.0 Å². The average Bonchev–Trinajstić information content (AvgIpc) is 3.20. The molecule has 0 amide bonds. The van der Waals surface area contributed by atoms with Gasteiger partial charge < -0.3 is 9.64 Å². The van der Waals surface area contributed by atoms with Gasteiger partial charge in [-0.15, -0.1) is 11.3 Å². The smallest absolute Gasteiger partial charge is 0.134 e. The third-order valence-corrected chi connectivity index (χ3v) is 6.68. The van der Waals surface area contributed by atoms with Gasteiger partial charge in [-0.3, -0.25) is 4.90 Å². The maximum absolute atomic E-state index is 6.32.